The summed E-state index contributed by atoms with van der Waals surface area (Å²) in [6, 6.07) is 19.4. The molecule has 0 atom stereocenters. The van der Waals surface area contributed by atoms with Gasteiger partial charge in [-0.05, 0) is 60.2 Å². The molecule has 4 rings (SSSR count). The van der Waals surface area contributed by atoms with Crippen LogP contribution in [0.1, 0.15) is 12.5 Å². The molecule has 0 aliphatic rings. The number of hydrogen-bond acceptors (Lipinski definition) is 9. The summed E-state index contributed by atoms with van der Waals surface area (Å²) >= 11 is 1.14. The van der Waals surface area contributed by atoms with E-state index in [0.29, 0.717) is 46.7 Å². The highest BCUT2D eigenvalue weighted by atomic mass is 32.1. The van der Waals surface area contributed by atoms with E-state index in [-0.39, 0.29) is 16.6 Å². The lowest BCUT2D eigenvalue weighted by molar-refractivity contribution is -0.114. The summed E-state index contributed by atoms with van der Waals surface area (Å²) in [4.78, 5) is 23.6. The van der Waals surface area contributed by atoms with E-state index in [2.05, 4.69) is 20.8 Å². The lowest BCUT2D eigenvalue weighted by Gasteiger charge is -2.09. The molecule has 0 bridgehead atoms. The number of amides is 2. The quantitative estimate of drug-likeness (QED) is 0.175. The van der Waals surface area contributed by atoms with E-state index >= 15 is 0 Å². The molecule has 0 fully saturated rings. The second-order valence-corrected chi connectivity index (χ2v) is 8.46. The molecule has 2 heterocycles. The summed E-state index contributed by atoms with van der Waals surface area (Å²) < 4.78 is 16.6. The molecule has 11 heteroatoms. The van der Waals surface area contributed by atoms with Crippen molar-refractivity contribution in [3.63, 3.8) is 0 Å². The Morgan fingerprint density at radius 1 is 1.00 bits per heavy atom. The van der Waals surface area contributed by atoms with Crippen LogP contribution in [-0.2, 0) is 9.59 Å². The molecule has 0 spiro atoms. The molecule has 0 saturated heterocycles. The fourth-order valence-corrected chi connectivity index (χ4v) is 3.78. The van der Waals surface area contributed by atoms with Crippen LogP contribution < -0.4 is 20.1 Å². The molecule has 10 nitrogen and oxygen atoms in total. The van der Waals surface area contributed by atoms with Gasteiger partial charge in [0.25, 0.3) is 5.91 Å². The Hall–Kier alpha value is -4.95. The summed E-state index contributed by atoms with van der Waals surface area (Å²) in [5.74, 6) is 1.09. The van der Waals surface area contributed by atoms with Crippen LogP contribution in [0.15, 0.2) is 76.9 Å². The second kappa shape index (κ2) is 12.1. The largest absolute Gasteiger partial charge is 0.490 e. The number of furan rings is 1. The number of nitrogens with one attached hydrogen (secondary N) is 2. The van der Waals surface area contributed by atoms with Crippen LogP contribution in [0.2, 0.25) is 0 Å². The molecule has 2 amide bonds. The maximum atomic E-state index is 12.5. The first-order valence-corrected chi connectivity index (χ1v) is 11.9. The number of benzene rings is 2. The molecule has 0 aliphatic heterocycles. The van der Waals surface area contributed by atoms with Crippen molar-refractivity contribution < 1.29 is 23.5 Å². The van der Waals surface area contributed by atoms with Gasteiger partial charge in [0.2, 0.25) is 11.0 Å². The van der Waals surface area contributed by atoms with Crippen molar-refractivity contribution in [2.45, 2.75) is 6.92 Å². The summed E-state index contributed by atoms with van der Waals surface area (Å²) in [5, 5.41) is 23.4. The zero-order valence-corrected chi connectivity index (χ0v) is 20.5. The van der Waals surface area contributed by atoms with E-state index in [9.17, 15) is 14.9 Å². The Balaban J connectivity index is 1.26. The number of carbonyl (C=O) groups excluding carboxylic acids is 2. The molecule has 0 unspecified atom stereocenters. The van der Waals surface area contributed by atoms with Gasteiger partial charge in [0.05, 0.1) is 6.26 Å². The standard InChI is InChI=1S/C26H21N5O5S/c1-17(32)28-20-6-10-22(11-7-20)35-14-13-34-21-8-4-18(5-9-21)15-19(16-27)24(33)29-26-31-30-25(37-26)23-3-2-12-36-23/h2-12,15H,13-14H2,1H3,(H,28,32)(H,29,31,33)/b19-15-. The van der Waals surface area contributed by atoms with Crippen LogP contribution >= 0.6 is 11.3 Å². The second-order valence-electron chi connectivity index (χ2n) is 7.49. The van der Waals surface area contributed by atoms with Crippen molar-refractivity contribution in [2.75, 3.05) is 23.8 Å². The van der Waals surface area contributed by atoms with E-state index < -0.39 is 5.91 Å². The van der Waals surface area contributed by atoms with Crippen LogP contribution in [0, 0.1) is 11.3 Å². The molecule has 2 aromatic heterocycles. The number of anilines is 2. The van der Waals surface area contributed by atoms with E-state index in [1.165, 1.54) is 19.3 Å². The fourth-order valence-electron chi connectivity index (χ4n) is 3.07. The molecule has 0 radical (unpaired) electrons. The topological polar surface area (TPSA) is 139 Å². The van der Waals surface area contributed by atoms with Gasteiger partial charge < -0.3 is 19.2 Å². The van der Waals surface area contributed by atoms with Gasteiger partial charge in [0, 0.05) is 12.6 Å². The van der Waals surface area contributed by atoms with Crippen molar-refractivity contribution in [3.8, 4) is 28.3 Å². The van der Waals surface area contributed by atoms with Gasteiger partial charge in [-0.2, -0.15) is 5.26 Å². The third-order valence-electron chi connectivity index (χ3n) is 4.73. The summed E-state index contributed by atoms with van der Waals surface area (Å²) in [6.07, 6.45) is 2.99. The molecule has 4 aromatic rings. The minimum absolute atomic E-state index is 0.0821. The number of nitrogens with zero attached hydrogens (tertiary/aromatic N) is 3. The van der Waals surface area contributed by atoms with E-state index in [4.69, 9.17) is 13.9 Å². The molecule has 186 valence electrons. The maximum absolute atomic E-state index is 12.5. The normalized spacial score (nSPS) is 10.9. The number of aromatic nitrogens is 2. The summed E-state index contributed by atoms with van der Waals surface area (Å²) in [6.45, 7) is 2.09. The highest BCUT2D eigenvalue weighted by Gasteiger charge is 2.14. The first-order chi connectivity index (χ1) is 18.0. The van der Waals surface area contributed by atoms with Crippen molar-refractivity contribution in [1.29, 1.82) is 5.26 Å². The van der Waals surface area contributed by atoms with E-state index in [0.717, 1.165) is 11.3 Å². The average molecular weight is 516 g/mol. The molecule has 0 saturated carbocycles. The Bertz CT molecular complexity index is 1420. The van der Waals surface area contributed by atoms with Gasteiger partial charge in [0.1, 0.15) is 36.4 Å². The Kier molecular flexibility index (Phi) is 8.26. The van der Waals surface area contributed by atoms with Crippen LogP contribution in [0.25, 0.3) is 16.8 Å². The van der Waals surface area contributed by atoms with Crippen molar-refractivity contribution in [2.24, 2.45) is 0 Å². The smallest absolute Gasteiger partial charge is 0.268 e. The Morgan fingerprint density at radius 3 is 2.27 bits per heavy atom. The highest BCUT2D eigenvalue weighted by Crippen LogP contribution is 2.27. The van der Waals surface area contributed by atoms with Gasteiger partial charge in [0.15, 0.2) is 10.8 Å². The Labute approximate surface area is 216 Å². The minimum Gasteiger partial charge on any atom is -0.490 e. The van der Waals surface area contributed by atoms with Crippen molar-refractivity contribution in [1.82, 2.24) is 10.2 Å². The van der Waals surface area contributed by atoms with Crippen LogP contribution in [0.4, 0.5) is 10.8 Å². The summed E-state index contributed by atoms with van der Waals surface area (Å²) in [7, 11) is 0. The lowest BCUT2D eigenvalue weighted by atomic mass is 10.1. The third-order valence-corrected chi connectivity index (χ3v) is 5.58. The number of nitriles is 1. The Morgan fingerprint density at radius 2 is 1.68 bits per heavy atom. The SMILES string of the molecule is CC(=O)Nc1ccc(OCCOc2ccc(/C=C(/C#N)C(=O)Nc3nnc(-c4ccco4)s3)cc2)cc1. The van der Waals surface area contributed by atoms with Crippen LogP contribution in [-0.4, -0.2) is 35.2 Å². The van der Waals surface area contributed by atoms with Crippen molar-refractivity contribution >= 4 is 40.0 Å². The zero-order chi connectivity index (χ0) is 26.0. The van der Waals surface area contributed by atoms with Crippen LogP contribution in [0.3, 0.4) is 0 Å². The van der Waals surface area contributed by atoms with Gasteiger partial charge >= 0.3 is 0 Å². The van der Waals surface area contributed by atoms with Crippen molar-refractivity contribution in [3.05, 3.63) is 78.1 Å². The lowest BCUT2D eigenvalue weighted by Crippen LogP contribution is -2.13. The first-order valence-electron chi connectivity index (χ1n) is 11.0. The third kappa shape index (κ3) is 7.27. The van der Waals surface area contributed by atoms with Gasteiger partial charge in [-0.3, -0.25) is 14.9 Å². The zero-order valence-electron chi connectivity index (χ0n) is 19.6. The predicted molar refractivity (Wildman–Crippen MR) is 138 cm³/mol. The number of hydrogen-bond donors (Lipinski definition) is 2. The molecular weight excluding hydrogens is 494 g/mol. The summed E-state index contributed by atoms with van der Waals surface area (Å²) in [5.41, 5.74) is 1.27. The number of carbonyl (C=O) groups is 2. The van der Waals surface area contributed by atoms with Gasteiger partial charge in [-0.1, -0.05) is 23.5 Å². The average Bonchev–Trinajstić information content (AvgIpc) is 3.59. The first kappa shape index (κ1) is 25.2. The highest BCUT2D eigenvalue weighted by molar-refractivity contribution is 7.18. The van der Waals surface area contributed by atoms with Gasteiger partial charge in [-0.15, -0.1) is 10.2 Å². The van der Waals surface area contributed by atoms with E-state index in [1.807, 2.05) is 6.07 Å². The number of rotatable bonds is 10. The molecule has 0 aliphatic carbocycles. The molecule has 2 aromatic carbocycles. The fraction of sp³-hybridized carbons (Fsp3) is 0.115. The molecule has 2 N–H and O–H groups in total. The molecular formula is C26H21N5O5S. The van der Waals surface area contributed by atoms with Crippen LogP contribution in [0.5, 0.6) is 11.5 Å². The monoisotopic (exact) mass is 515 g/mol. The van der Waals surface area contributed by atoms with Gasteiger partial charge in [-0.25, -0.2) is 0 Å². The molecule has 37 heavy (non-hydrogen) atoms. The van der Waals surface area contributed by atoms with E-state index in [1.54, 1.807) is 60.7 Å². The maximum Gasteiger partial charge on any atom is 0.268 e. The predicted octanol–water partition coefficient (Wildman–Crippen LogP) is 4.76. The number of ether oxygens (including phenoxy) is 2. The minimum atomic E-state index is -0.591.